The van der Waals surface area contributed by atoms with E-state index in [0.717, 1.165) is 23.7 Å². The van der Waals surface area contributed by atoms with Crippen LogP contribution in [-0.4, -0.2) is 29.1 Å². The minimum Gasteiger partial charge on any atom is -0.481 e. The number of rotatable bonds is 6. The fourth-order valence-corrected chi connectivity index (χ4v) is 1.91. The fourth-order valence-electron chi connectivity index (χ4n) is 1.68. The van der Waals surface area contributed by atoms with Gasteiger partial charge in [0.2, 0.25) is 0 Å². The van der Waals surface area contributed by atoms with Gasteiger partial charge in [0.1, 0.15) is 0 Å². The summed E-state index contributed by atoms with van der Waals surface area (Å²) in [5, 5.41) is 9.41. The summed E-state index contributed by atoms with van der Waals surface area (Å²) in [6.07, 6.45) is 0.181. The molecule has 0 radical (unpaired) electrons. The molecule has 0 heterocycles. The number of carboxylic acid groups (broad SMARTS) is 1. The average Bonchev–Trinajstić information content (AvgIpc) is 2.26. The Bertz CT molecular complexity index is 393. The number of aryl methyl sites for hydroxylation is 1. The van der Waals surface area contributed by atoms with Gasteiger partial charge in [-0.25, -0.2) is 0 Å². The third-order valence-electron chi connectivity index (χ3n) is 2.79. The van der Waals surface area contributed by atoms with Crippen molar-refractivity contribution >= 4 is 17.6 Å². The molecule has 1 rings (SSSR count). The van der Waals surface area contributed by atoms with Crippen molar-refractivity contribution in [3.63, 3.8) is 0 Å². The summed E-state index contributed by atoms with van der Waals surface area (Å²) in [5.74, 6) is -0.753. The lowest BCUT2D eigenvalue weighted by Crippen LogP contribution is -2.26. The van der Waals surface area contributed by atoms with Crippen LogP contribution in [-0.2, 0) is 11.3 Å². The minimum atomic E-state index is -0.753. The maximum absolute atomic E-state index is 10.5. The number of carboxylic acids is 1. The standard InChI is InChI=1S/C13H18ClNO2/c1-3-15(7-6-13(16)17)9-11-4-5-12(14)8-10(11)2/h4-5,8H,3,6-7,9H2,1-2H3,(H,16,17). The van der Waals surface area contributed by atoms with Crippen LogP contribution in [0.3, 0.4) is 0 Å². The van der Waals surface area contributed by atoms with Crippen LogP contribution in [0.5, 0.6) is 0 Å². The Morgan fingerprint density at radius 1 is 1.47 bits per heavy atom. The highest BCUT2D eigenvalue weighted by Gasteiger charge is 2.08. The van der Waals surface area contributed by atoms with Gasteiger partial charge in [0.25, 0.3) is 0 Å². The van der Waals surface area contributed by atoms with Crippen LogP contribution in [0.1, 0.15) is 24.5 Å². The Balaban J connectivity index is 2.63. The van der Waals surface area contributed by atoms with E-state index in [-0.39, 0.29) is 6.42 Å². The first-order valence-corrected chi connectivity index (χ1v) is 6.10. The van der Waals surface area contributed by atoms with Gasteiger partial charge in [0, 0.05) is 18.1 Å². The van der Waals surface area contributed by atoms with Gasteiger partial charge in [-0.05, 0) is 36.7 Å². The quantitative estimate of drug-likeness (QED) is 0.850. The zero-order chi connectivity index (χ0) is 12.8. The van der Waals surface area contributed by atoms with Crippen LogP contribution >= 0.6 is 11.6 Å². The molecule has 1 aromatic carbocycles. The van der Waals surface area contributed by atoms with Crippen molar-refractivity contribution in [2.24, 2.45) is 0 Å². The molecule has 0 fully saturated rings. The smallest absolute Gasteiger partial charge is 0.304 e. The molecule has 0 amide bonds. The number of hydrogen-bond acceptors (Lipinski definition) is 2. The van der Waals surface area contributed by atoms with Crippen molar-refractivity contribution in [3.8, 4) is 0 Å². The van der Waals surface area contributed by atoms with E-state index >= 15 is 0 Å². The molecule has 4 heteroatoms. The summed E-state index contributed by atoms with van der Waals surface area (Å²) in [6, 6.07) is 5.80. The molecule has 3 nitrogen and oxygen atoms in total. The summed E-state index contributed by atoms with van der Waals surface area (Å²) >= 11 is 5.90. The number of halogens is 1. The molecule has 0 bridgehead atoms. The number of benzene rings is 1. The highest BCUT2D eigenvalue weighted by Crippen LogP contribution is 2.16. The van der Waals surface area contributed by atoms with Gasteiger partial charge in [-0.1, -0.05) is 24.6 Å². The van der Waals surface area contributed by atoms with E-state index in [2.05, 4.69) is 4.90 Å². The maximum Gasteiger partial charge on any atom is 0.304 e. The van der Waals surface area contributed by atoms with Crippen molar-refractivity contribution in [1.29, 1.82) is 0 Å². The molecule has 0 spiro atoms. The van der Waals surface area contributed by atoms with Crippen molar-refractivity contribution in [3.05, 3.63) is 34.3 Å². The first kappa shape index (κ1) is 14.0. The Labute approximate surface area is 107 Å². The summed E-state index contributed by atoms with van der Waals surface area (Å²) in [4.78, 5) is 12.7. The van der Waals surface area contributed by atoms with Crippen molar-refractivity contribution in [2.75, 3.05) is 13.1 Å². The molecular formula is C13H18ClNO2. The second kappa shape index (κ2) is 6.62. The Hall–Kier alpha value is -1.06. The predicted octanol–water partition coefficient (Wildman–Crippen LogP) is 2.95. The zero-order valence-corrected chi connectivity index (χ0v) is 11.0. The van der Waals surface area contributed by atoms with E-state index in [9.17, 15) is 4.79 Å². The lowest BCUT2D eigenvalue weighted by Gasteiger charge is -2.20. The summed E-state index contributed by atoms with van der Waals surface area (Å²) < 4.78 is 0. The van der Waals surface area contributed by atoms with Crippen molar-refractivity contribution < 1.29 is 9.90 Å². The lowest BCUT2D eigenvalue weighted by molar-refractivity contribution is -0.137. The van der Waals surface area contributed by atoms with Gasteiger partial charge in [0.15, 0.2) is 0 Å². The van der Waals surface area contributed by atoms with Gasteiger partial charge >= 0.3 is 5.97 Å². The van der Waals surface area contributed by atoms with E-state index in [1.54, 1.807) is 0 Å². The SMILES string of the molecule is CCN(CCC(=O)O)Cc1ccc(Cl)cc1C. The van der Waals surface area contributed by atoms with E-state index in [0.29, 0.717) is 6.54 Å². The van der Waals surface area contributed by atoms with Gasteiger partial charge in [-0.2, -0.15) is 0 Å². The number of aliphatic carboxylic acids is 1. The number of nitrogens with zero attached hydrogens (tertiary/aromatic N) is 1. The van der Waals surface area contributed by atoms with Crippen LogP contribution < -0.4 is 0 Å². The average molecular weight is 256 g/mol. The summed E-state index contributed by atoms with van der Waals surface area (Å²) in [7, 11) is 0. The molecule has 94 valence electrons. The number of hydrogen-bond donors (Lipinski definition) is 1. The maximum atomic E-state index is 10.5. The van der Waals surface area contributed by atoms with E-state index in [1.165, 1.54) is 5.56 Å². The molecule has 1 aromatic rings. The Morgan fingerprint density at radius 3 is 2.71 bits per heavy atom. The second-order valence-electron chi connectivity index (χ2n) is 4.08. The first-order valence-electron chi connectivity index (χ1n) is 5.72. The second-order valence-corrected chi connectivity index (χ2v) is 4.52. The van der Waals surface area contributed by atoms with Gasteiger partial charge in [-0.15, -0.1) is 0 Å². The van der Waals surface area contributed by atoms with E-state index in [4.69, 9.17) is 16.7 Å². The largest absolute Gasteiger partial charge is 0.481 e. The highest BCUT2D eigenvalue weighted by atomic mass is 35.5. The monoisotopic (exact) mass is 255 g/mol. The minimum absolute atomic E-state index is 0.181. The molecule has 0 unspecified atom stereocenters. The van der Waals surface area contributed by atoms with Crippen LogP contribution in [0.15, 0.2) is 18.2 Å². The van der Waals surface area contributed by atoms with Gasteiger partial charge in [0.05, 0.1) is 6.42 Å². The van der Waals surface area contributed by atoms with Crippen LogP contribution in [0.2, 0.25) is 5.02 Å². The van der Waals surface area contributed by atoms with Crippen LogP contribution in [0.4, 0.5) is 0 Å². The third-order valence-corrected chi connectivity index (χ3v) is 3.02. The molecule has 0 saturated carbocycles. The molecule has 17 heavy (non-hydrogen) atoms. The van der Waals surface area contributed by atoms with Crippen LogP contribution in [0.25, 0.3) is 0 Å². The molecule has 0 aliphatic carbocycles. The lowest BCUT2D eigenvalue weighted by atomic mass is 10.1. The topological polar surface area (TPSA) is 40.5 Å². The van der Waals surface area contributed by atoms with E-state index in [1.807, 2.05) is 32.0 Å². The van der Waals surface area contributed by atoms with Crippen molar-refractivity contribution in [1.82, 2.24) is 4.90 Å². The molecule has 1 N–H and O–H groups in total. The van der Waals surface area contributed by atoms with Gasteiger partial charge in [-0.3, -0.25) is 9.69 Å². The molecule has 0 aromatic heterocycles. The summed E-state index contributed by atoms with van der Waals surface area (Å²) in [5.41, 5.74) is 2.34. The zero-order valence-electron chi connectivity index (χ0n) is 10.2. The molecular weight excluding hydrogens is 238 g/mol. The van der Waals surface area contributed by atoms with E-state index < -0.39 is 5.97 Å². The Morgan fingerprint density at radius 2 is 2.18 bits per heavy atom. The molecule has 0 aliphatic heterocycles. The third kappa shape index (κ3) is 4.75. The summed E-state index contributed by atoms with van der Waals surface area (Å²) in [6.45, 7) is 6.25. The molecule has 0 saturated heterocycles. The van der Waals surface area contributed by atoms with Crippen molar-refractivity contribution in [2.45, 2.75) is 26.8 Å². The number of carbonyl (C=O) groups is 1. The first-order chi connectivity index (χ1) is 8.02. The normalized spacial score (nSPS) is 10.8. The fraction of sp³-hybridized carbons (Fsp3) is 0.462. The van der Waals surface area contributed by atoms with Gasteiger partial charge < -0.3 is 5.11 Å². The van der Waals surface area contributed by atoms with Crippen LogP contribution in [0, 0.1) is 6.92 Å². The molecule has 0 atom stereocenters. The Kier molecular flexibility index (Phi) is 5.45. The highest BCUT2D eigenvalue weighted by molar-refractivity contribution is 6.30. The predicted molar refractivity (Wildman–Crippen MR) is 69.4 cm³/mol. The molecule has 0 aliphatic rings.